The predicted molar refractivity (Wildman–Crippen MR) is 79.7 cm³/mol. The Bertz CT molecular complexity index is 615. The van der Waals surface area contributed by atoms with Crippen molar-refractivity contribution in [3.63, 3.8) is 0 Å². The first-order chi connectivity index (χ1) is 9.70. The highest BCUT2D eigenvalue weighted by Crippen LogP contribution is 2.27. The molecule has 0 unspecified atom stereocenters. The lowest BCUT2D eigenvalue weighted by Gasteiger charge is -2.29. The Morgan fingerprint density at radius 1 is 1.33 bits per heavy atom. The summed E-state index contributed by atoms with van der Waals surface area (Å²) in [5.41, 5.74) is 1.07. The minimum Gasteiger partial charge on any atom is -0.508 e. The van der Waals surface area contributed by atoms with Gasteiger partial charge in [-0.25, -0.2) is 0 Å². The van der Waals surface area contributed by atoms with Crippen molar-refractivity contribution < 1.29 is 23.4 Å². The van der Waals surface area contributed by atoms with Gasteiger partial charge in [0.1, 0.15) is 5.75 Å². The summed E-state index contributed by atoms with van der Waals surface area (Å²) in [6.45, 7) is 3.46. The van der Waals surface area contributed by atoms with E-state index >= 15 is 0 Å². The molecule has 0 fully saturated rings. The number of aliphatic carboxylic acids is 1. The molecule has 1 aromatic rings. The van der Waals surface area contributed by atoms with Gasteiger partial charge in [0.05, 0.1) is 12.1 Å². The third kappa shape index (κ3) is 4.08. The molecule has 0 aliphatic carbocycles. The van der Waals surface area contributed by atoms with Crippen LogP contribution in [0.1, 0.15) is 18.9 Å². The number of aryl methyl sites for hydroxylation is 1. The third-order valence-corrected chi connectivity index (χ3v) is 5.04. The molecule has 0 aliphatic rings. The van der Waals surface area contributed by atoms with E-state index in [0.29, 0.717) is 11.3 Å². The van der Waals surface area contributed by atoms with Crippen LogP contribution in [0.2, 0.25) is 0 Å². The number of benzene rings is 1. The molecule has 118 valence electrons. The molecule has 2 N–H and O–H groups in total. The molecule has 0 spiro atoms. The smallest absolute Gasteiger partial charge is 0.304 e. The molecule has 0 heterocycles. The molecular formula is C13H20N2O5S. The molecule has 8 heteroatoms. The Balaban J connectivity index is 3.12. The van der Waals surface area contributed by atoms with Gasteiger partial charge in [0.25, 0.3) is 0 Å². The minimum atomic E-state index is -3.85. The first kappa shape index (κ1) is 17.3. The molecule has 0 atom stereocenters. The van der Waals surface area contributed by atoms with Gasteiger partial charge < -0.3 is 10.2 Å². The zero-order valence-electron chi connectivity index (χ0n) is 12.3. The van der Waals surface area contributed by atoms with Crippen LogP contribution in [-0.4, -0.2) is 49.0 Å². The third-order valence-electron chi connectivity index (χ3n) is 3.06. The summed E-state index contributed by atoms with van der Waals surface area (Å²) in [5.74, 6) is -1.09. The van der Waals surface area contributed by atoms with E-state index in [-0.39, 0.29) is 25.3 Å². The van der Waals surface area contributed by atoms with E-state index in [4.69, 9.17) is 5.11 Å². The van der Waals surface area contributed by atoms with Crippen molar-refractivity contribution in [2.75, 3.05) is 24.4 Å². The molecule has 0 aromatic heterocycles. The van der Waals surface area contributed by atoms with E-state index < -0.39 is 16.2 Å². The average molecular weight is 316 g/mol. The van der Waals surface area contributed by atoms with Crippen LogP contribution in [0.15, 0.2) is 18.2 Å². The number of carboxylic acid groups (broad SMARTS) is 1. The summed E-state index contributed by atoms with van der Waals surface area (Å²) in [5, 5.41) is 18.2. The highest BCUT2D eigenvalue weighted by molar-refractivity contribution is 7.90. The number of phenols is 1. The van der Waals surface area contributed by atoms with Crippen LogP contribution >= 0.6 is 0 Å². The van der Waals surface area contributed by atoms with Gasteiger partial charge in [0.15, 0.2) is 0 Å². The Hall–Kier alpha value is -1.80. The fourth-order valence-corrected chi connectivity index (χ4v) is 3.29. The zero-order chi connectivity index (χ0) is 16.2. The summed E-state index contributed by atoms with van der Waals surface area (Å²) < 4.78 is 27.2. The standard InChI is InChI=1S/C13H20N2O5S/c1-4-15(12-9-11(16)6-5-10(12)2)21(19,20)14(3)8-7-13(17)18/h5-6,9,16H,4,7-8H2,1-3H3,(H,17,18). The number of hydrogen-bond donors (Lipinski definition) is 2. The molecule has 1 aromatic carbocycles. The van der Waals surface area contributed by atoms with E-state index in [1.807, 2.05) is 0 Å². The second-order valence-corrected chi connectivity index (χ2v) is 6.57. The molecule has 0 aliphatic heterocycles. The lowest BCUT2D eigenvalue weighted by Crippen LogP contribution is -2.43. The molecule has 0 bridgehead atoms. The van der Waals surface area contributed by atoms with E-state index in [1.54, 1.807) is 19.9 Å². The van der Waals surface area contributed by atoms with E-state index in [0.717, 1.165) is 8.61 Å². The number of anilines is 1. The fraction of sp³-hybridized carbons (Fsp3) is 0.462. The average Bonchev–Trinajstić information content (AvgIpc) is 2.40. The monoisotopic (exact) mass is 316 g/mol. The molecule has 21 heavy (non-hydrogen) atoms. The number of hydrogen-bond acceptors (Lipinski definition) is 4. The van der Waals surface area contributed by atoms with Crippen LogP contribution < -0.4 is 4.31 Å². The molecule has 0 saturated heterocycles. The van der Waals surface area contributed by atoms with Gasteiger partial charge in [-0.1, -0.05) is 6.07 Å². The van der Waals surface area contributed by atoms with Crippen molar-refractivity contribution in [1.29, 1.82) is 0 Å². The van der Waals surface area contributed by atoms with Crippen molar-refractivity contribution in [2.24, 2.45) is 0 Å². The Kier molecular flexibility index (Phi) is 5.56. The van der Waals surface area contributed by atoms with Crippen LogP contribution in [0.3, 0.4) is 0 Å². The first-order valence-corrected chi connectivity index (χ1v) is 7.85. The van der Waals surface area contributed by atoms with Crippen LogP contribution in [0, 0.1) is 6.92 Å². The van der Waals surface area contributed by atoms with Crippen molar-refractivity contribution in [3.8, 4) is 5.75 Å². The maximum Gasteiger partial charge on any atom is 0.304 e. The van der Waals surface area contributed by atoms with Crippen molar-refractivity contribution in [3.05, 3.63) is 23.8 Å². The SMILES string of the molecule is CCN(c1cc(O)ccc1C)S(=O)(=O)N(C)CCC(=O)O. The van der Waals surface area contributed by atoms with Crippen LogP contribution in [0.25, 0.3) is 0 Å². The maximum atomic E-state index is 12.5. The number of aromatic hydroxyl groups is 1. The van der Waals surface area contributed by atoms with Gasteiger partial charge in [-0.3, -0.25) is 9.10 Å². The lowest BCUT2D eigenvalue weighted by atomic mass is 10.2. The highest BCUT2D eigenvalue weighted by atomic mass is 32.2. The topological polar surface area (TPSA) is 98.2 Å². The predicted octanol–water partition coefficient (Wildman–Crippen LogP) is 1.18. The summed E-state index contributed by atoms with van der Waals surface area (Å²) in [6, 6.07) is 4.48. The number of carboxylic acids is 1. The molecular weight excluding hydrogens is 296 g/mol. The molecule has 0 amide bonds. The second-order valence-electron chi connectivity index (χ2n) is 4.61. The van der Waals surface area contributed by atoms with Crippen molar-refractivity contribution in [1.82, 2.24) is 4.31 Å². The van der Waals surface area contributed by atoms with Gasteiger partial charge in [0, 0.05) is 26.2 Å². The van der Waals surface area contributed by atoms with Crippen LogP contribution in [0.4, 0.5) is 5.69 Å². The maximum absolute atomic E-state index is 12.5. The van der Waals surface area contributed by atoms with Crippen molar-refractivity contribution >= 4 is 21.9 Å². The van der Waals surface area contributed by atoms with Crippen LogP contribution in [-0.2, 0) is 15.0 Å². The fourth-order valence-electron chi connectivity index (χ4n) is 1.86. The molecule has 0 saturated carbocycles. The van der Waals surface area contributed by atoms with Gasteiger partial charge in [-0.05, 0) is 25.5 Å². The summed E-state index contributed by atoms with van der Waals surface area (Å²) >= 11 is 0. The number of phenolic OH excluding ortho intramolecular Hbond substituents is 1. The number of rotatable bonds is 7. The molecule has 0 radical (unpaired) electrons. The summed E-state index contributed by atoms with van der Waals surface area (Å²) in [6.07, 6.45) is -0.272. The van der Waals surface area contributed by atoms with Crippen molar-refractivity contribution in [2.45, 2.75) is 20.3 Å². The second kappa shape index (κ2) is 6.77. The molecule has 1 rings (SSSR count). The van der Waals surface area contributed by atoms with Gasteiger partial charge >= 0.3 is 16.2 Å². The Morgan fingerprint density at radius 3 is 2.48 bits per heavy atom. The van der Waals surface area contributed by atoms with Gasteiger partial charge in [-0.2, -0.15) is 12.7 Å². The quantitative estimate of drug-likeness (QED) is 0.787. The number of carbonyl (C=O) groups is 1. The minimum absolute atomic E-state index is 0.0301. The van der Waals surface area contributed by atoms with E-state index in [2.05, 4.69) is 0 Å². The first-order valence-electron chi connectivity index (χ1n) is 6.45. The zero-order valence-corrected chi connectivity index (χ0v) is 13.1. The molecule has 7 nitrogen and oxygen atoms in total. The van der Waals surface area contributed by atoms with E-state index in [9.17, 15) is 18.3 Å². The Labute approximate surface area is 124 Å². The lowest BCUT2D eigenvalue weighted by molar-refractivity contribution is -0.137. The normalized spacial score (nSPS) is 11.6. The summed E-state index contributed by atoms with van der Waals surface area (Å²) in [4.78, 5) is 10.6. The van der Waals surface area contributed by atoms with Gasteiger partial charge in [0.2, 0.25) is 0 Å². The van der Waals surface area contributed by atoms with Crippen LogP contribution in [0.5, 0.6) is 5.75 Å². The Morgan fingerprint density at radius 2 is 1.95 bits per heavy atom. The highest BCUT2D eigenvalue weighted by Gasteiger charge is 2.27. The van der Waals surface area contributed by atoms with E-state index in [1.165, 1.54) is 19.2 Å². The summed E-state index contributed by atoms with van der Waals surface area (Å²) in [7, 11) is -2.51. The number of nitrogens with zero attached hydrogens (tertiary/aromatic N) is 2. The van der Waals surface area contributed by atoms with Gasteiger partial charge in [-0.15, -0.1) is 0 Å². The largest absolute Gasteiger partial charge is 0.508 e.